The Labute approximate surface area is 173 Å². The Morgan fingerprint density at radius 2 is 2.00 bits per heavy atom. The van der Waals surface area contributed by atoms with E-state index in [4.69, 9.17) is 14.0 Å². The number of carbonyl (C=O) groups is 1. The van der Waals surface area contributed by atoms with Crippen molar-refractivity contribution in [3.63, 3.8) is 0 Å². The minimum Gasteiger partial charge on any atom is -0.497 e. The molecule has 0 unspecified atom stereocenters. The quantitative estimate of drug-likeness (QED) is 0.573. The lowest BCUT2D eigenvalue weighted by Crippen LogP contribution is -2.24. The van der Waals surface area contributed by atoms with Crippen molar-refractivity contribution in [2.75, 3.05) is 20.0 Å². The number of amides is 1. The second-order valence-electron chi connectivity index (χ2n) is 6.27. The molecule has 0 saturated carbocycles. The minimum absolute atomic E-state index is 0.0784. The van der Waals surface area contributed by atoms with Gasteiger partial charge >= 0.3 is 0 Å². The van der Waals surface area contributed by atoms with E-state index in [1.165, 1.54) is 11.1 Å². The van der Waals surface area contributed by atoms with E-state index in [9.17, 15) is 4.79 Å². The zero-order chi connectivity index (χ0) is 20.6. The molecule has 7 nitrogen and oxygen atoms in total. The van der Waals surface area contributed by atoms with Gasteiger partial charge < -0.3 is 19.3 Å². The van der Waals surface area contributed by atoms with Crippen LogP contribution < -0.4 is 14.8 Å². The van der Waals surface area contributed by atoms with Crippen LogP contribution in [0.15, 0.2) is 47.0 Å². The SMILES string of the molecule is COc1ccc(-c2noc(CNC(=O)CSCc3ccccc3C)n2)c(OC)c1. The van der Waals surface area contributed by atoms with Crippen LogP contribution in [0.2, 0.25) is 0 Å². The van der Waals surface area contributed by atoms with E-state index in [2.05, 4.69) is 34.5 Å². The Bertz CT molecular complexity index is 974. The molecule has 29 heavy (non-hydrogen) atoms. The van der Waals surface area contributed by atoms with Crippen LogP contribution in [0, 0.1) is 6.92 Å². The van der Waals surface area contributed by atoms with Crippen LogP contribution in [0.1, 0.15) is 17.0 Å². The van der Waals surface area contributed by atoms with Crippen molar-refractivity contribution in [2.45, 2.75) is 19.2 Å². The first-order valence-electron chi connectivity index (χ1n) is 9.04. The summed E-state index contributed by atoms with van der Waals surface area (Å²) in [6.45, 7) is 2.25. The first-order valence-corrected chi connectivity index (χ1v) is 10.2. The van der Waals surface area contributed by atoms with Crippen LogP contribution in [0.3, 0.4) is 0 Å². The predicted octanol–water partition coefficient (Wildman–Crippen LogP) is 3.61. The molecule has 0 aliphatic heterocycles. The molecule has 1 amide bonds. The van der Waals surface area contributed by atoms with Crippen molar-refractivity contribution < 1.29 is 18.8 Å². The molecule has 0 atom stereocenters. The van der Waals surface area contributed by atoms with Crippen LogP contribution in [-0.4, -0.2) is 36.0 Å². The van der Waals surface area contributed by atoms with Gasteiger partial charge in [0.1, 0.15) is 11.5 Å². The maximum absolute atomic E-state index is 12.1. The lowest BCUT2D eigenvalue weighted by molar-refractivity contribution is -0.118. The Kier molecular flexibility index (Phi) is 7.13. The molecule has 152 valence electrons. The maximum Gasteiger partial charge on any atom is 0.246 e. The van der Waals surface area contributed by atoms with Crippen molar-refractivity contribution in [2.24, 2.45) is 0 Å². The van der Waals surface area contributed by atoms with Crippen LogP contribution >= 0.6 is 11.8 Å². The summed E-state index contributed by atoms with van der Waals surface area (Å²) >= 11 is 1.57. The van der Waals surface area contributed by atoms with E-state index in [1.54, 1.807) is 44.2 Å². The standard InChI is InChI=1S/C21H23N3O4S/c1-14-6-4-5-7-15(14)12-29-13-19(25)22-11-20-23-21(24-28-20)17-9-8-16(26-2)10-18(17)27-3/h4-10H,11-13H2,1-3H3,(H,22,25). The maximum atomic E-state index is 12.1. The van der Waals surface area contributed by atoms with Crippen LogP contribution in [0.4, 0.5) is 0 Å². The van der Waals surface area contributed by atoms with Gasteiger partial charge in [-0.2, -0.15) is 4.98 Å². The molecule has 3 aromatic rings. The summed E-state index contributed by atoms with van der Waals surface area (Å²) in [4.78, 5) is 16.4. The lowest BCUT2D eigenvalue weighted by atomic mass is 10.1. The third-order valence-corrected chi connectivity index (χ3v) is 5.29. The molecule has 0 spiro atoms. The highest BCUT2D eigenvalue weighted by atomic mass is 32.2. The summed E-state index contributed by atoms with van der Waals surface area (Å²) in [6.07, 6.45) is 0. The smallest absolute Gasteiger partial charge is 0.246 e. The van der Waals surface area contributed by atoms with Crippen LogP contribution in [0.5, 0.6) is 11.5 Å². The zero-order valence-corrected chi connectivity index (χ0v) is 17.4. The highest BCUT2D eigenvalue weighted by molar-refractivity contribution is 7.99. The molecule has 0 aliphatic carbocycles. The van der Waals surface area contributed by atoms with Crippen molar-refractivity contribution >= 4 is 17.7 Å². The van der Waals surface area contributed by atoms with Crippen molar-refractivity contribution in [1.82, 2.24) is 15.5 Å². The van der Waals surface area contributed by atoms with Crippen molar-refractivity contribution in [3.8, 4) is 22.9 Å². The van der Waals surface area contributed by atoms with Gasteiger partial charge in [0, 0.05) is 11.8 Å². The predicted molar refractivity (Wildman–Crippen MR) is 112 cm³/mol. The molecule has 3 rings (SSSR count). The van der Waals surface area contributed by atoms with Crippen molar-refractivity contribution in [1.29, 1.82) is 0 Å². The molecular weight excluding hydrogens is 390 g/mol. The normalized spacial score (nSPS) is 10.6. The summed E-state index contributed by atoms with van der Waals surface area (Å²) in [5.41, 5.74) is 3.15. The number of carbonyl (C=O) groups excluding carboxylic acids is 1. The highest BCUT2D eigenvalue weighted by Crippen LogP contribution is 2.31. The second kappa shape index (κ2) is 9.97. The summed E-state index contributed by atoms with van der Waals surface area (Å²) < 4.78 is 15.8. The Hall–Kier alpha value is -3.00. The third kappa shape index (κ3) is 5.51. The number of thioether (sulfide) groups is 1. The van der Waals surface area contributed by atoms with E-state index in [0.29, 0.717) is 34.5 Å². The molecule has 0 saturated heterocycles. The number of rotatable bonds is 9. The van der Waals surface area contributed by atoms with Crippen molar-refractivity contribution in [3.05, 3.63) is 59.5 Å². The number of hydrogen-bond acceptors (Lipinski definition) is 7. The van der Waals surface area contributed by atoms with Crippen LogP contribution in [-0.2, 0) is 17.1 Å². The average molecular weight is 413 g/mol. The Morgan fingerprint density at radius 1 is 1.17 bits per heavy atom. The number of ether oxygens (including phenoxy) is 2. The molecule has 0 radical (unpaired) electrons. The van der Waals surface area contributed by atoms with Crippen LogP contribution in [0.25, 0.3) is 11.4 Å². The number of aromatic nitrogens is 2. The Morgan fingerprint density at radius 3 is 2.76 bits per heavy atom. The van der Waals surface area contributed by atoms with Gasteiger partial charge in [-0.05, 0) is 30.2 Å². The summed E-state index contributed by atoms with van der Waals surface area (Å²) in [5, 5.41) is 6.78. The average Bonchev–Trinajstić information content (AvgIpc) is 3.22. The van der Waals surface area contributed by atoms with Gasteiger partial charge in [-0.1, -0.05) is 29.4 Å². The summed E-state index contributed by atoms with van der Waals surface area (Å²) in [5.74, 6) is 3.05. The van der Waals surface area contributed by atoms with E-state index < -0.39 is 0 Å². The number of nitrogens with one attached hydrogen (secondary N) is 1. The number of aryl methyl sites for hydroxylation is 1. The second-order valence-corrected chi connectivity index (χ2v) is 7.26. The number of nitrogens with zero attached hydrogens (tertiary/aromatic N) is 2. The molecular formula is C21H23N3O4S. The fourth-order valence-electron chi connectivity index (χ4n) is 2.67. The number of hydrogen-bond donors (Lipinski definition) is 1. The molecule has 0 bridgehead atoms. The molecule has 1 N–H and O–H groups in total. The molecule has 0 fully saturated rings. The topological polar surface area (TPSA) is 86.5 Å². The lowest BCUT2D eigenvalue weighted by Gasteiger charge is -2.07. The molecule has 1 aromatic heterocycles. The monoisotopic (exact) mass is 413 g/mol. The first-order chi connectivity index (χ1) is 14.1. The minimum atomic E-state index is -0.0784. The van der Waals surface area contributed by atoms with E-state index in [1.807, 2.05) is 12.1 Å². The zero-order valence-electron chi connectivity index (χ0n) is 16.6. The van der Waals surface area contributed by atoms with Gasteiger partial charge in [-0.25, -0.2) is 0 Å². The molecule has 0 aliphatic rings. The third-order valence-electron chi connectivity index (χ3n) is 4.31. The highest BCUT2D eigenvalue weighted by Gasteiger charge is 2.15. The Balaban J connectivity index is 1.51. The van der Waals surface area contributed by atoms with E-state index in [-0.39, 0.29) is 12.5 Å². The number of methoxy groups -OCH3 is 2. The van der Waals surface area contributed by atoms with E-state index in [0.717, 1.165) is 5.75 Å². The fraction of sp³-hybridized carbons (Fsp3) is 0.286. The number of benzene rings is 2. The van der Waals surface area contributed by atoms with Gasteiger partial charge in [-0.3, -0.25) is 4.79 Å². The summed E-state index contributed by atoms with van der Waals surface area (Å²) in [6, 6.07) is 13.5. The first kappa shape index (κ1) is 20.7. The van der Waals surface area contributed by atoms with Gasteiger partial charge in [-0.15, -0.1) is 11.8 Å². The van der Waals surface area contributed by atoms with Gasteiger partial charge in [0.15, 0.2) is 0 Å². The molecule has 8 heteroatoms. The van der Waals surface area contributed by atoms with Gasteiger partial charge in [0.05, 0.1) is 32.1 Å². The molecule has 2 aromatic carbocycles. The van der Waals surface area contributed by atoms with E-state index >= 15 is 0 Å². The molecule has 1 heterocycles. The largest absolute Gasteiger partial charge is 0.497 e. The fourth-order valence-corrected chi connectivity index (χ4v) is 3.60. The van der Waals surface area contributed by atoms with Gasteiger partial charge in [0.2, 0.25) is 17.6 Å². The summed E-state index contributed by atoms with van der Waals surface area (Å²) in [7, 11) is 3.15. The van der Waals surface area contributed by atoms with Gasteiger partial charge in [0.25, 0.3) is 0 Å².